The van der Waals surface area contributed by atoms with Crippen LogP contribution in [-0.2, 0) is 15.6 Å². The monoisotopic (exact) mass is 280 g/mol. The molecular weight excluding hydrogens is 260 g/mol. The van der Waals surface area contributed by atoms with E-state index in [1.807, 2.05) is 30.3 Å². The molecule has 4 nitrogen and oxygen atoms in total. The minimum Gasteiger partial charge on any atom is -0.348 e. The Morgan fingerprint density at radius 3 is 2.79 bits per heavy atom. The van der Waals surface area contributed by atoms with Crippen LogP contribution >= 0.6 is 0 Å². The number of nitrogens with one attached hydrogen (secondary N) is 2. The maximum absolute atomic E-state index is 12.2. The molecular formula is C14H20N2O2S. The van der Waals surface area contributed by atoms with E-state index in [-0.39, 0.29) is 17.9 Å². The van der Waals surface area contributed by atoms with Crippen LogP contribution in [0, 0.1) is 5.92 Å². The molecule has 3 atom stereocenters. The molecule has 1 aromatic carbocycles. The van der Waals surface area contributed by atoms with Gasteiger partial charge >= 0.3 is 0 Å². The second-order valence-electron chi connectivity index (χ2n) is 4.90. The number of carbonyl (C=O) groups is 1. The van der Waals surface area contributed by atoms with Crippen LogP contribution in [0.1, 0.15) is 18.0 Å². The lowest BCUT2D eigenvalue weighted by molar-refractivity contribution is -0.125. The Hall–Kier alpha value is -1.20. The van der Waals surface area contributed by atoms with E-state index in [9.17, 15) is 9.00 Å². The van der Waals surface area contributed by atoms with Gasteiger partial charge in [-0.05, 0) is 18.5 Å². The molecule has 5 heteroatoms. The van der Waals surface area contributed by atoms with Gasteiger partial charge in [-0.2, -0.15) is 0 Å². The van der Waals surface area contributed by atoms with Gasteiger partial charge < -0.3 is 10.6 Å². The maximum atomic E-state index is 12.2. The van der Waals surface area contributed by atoms with Crippen molar-refractivity contribution in [3.8, 4) is 0 Å². The molecule has 1 fully saturated rings. The van der Waals surface area contributed by atoms with Crippen molar-refractivity contribution in [2.45, 2.75) is 12.5 Å². The number of carbonyl (C=O) groups excluding carboxylic acids is 1. The summed E-state index contributed by atoms with van der Waals surface area (Å²) in [5.41, 5.74) is 1.01. The minimum absolute atomic E-state index is 0.0384. The van der Waals surface area contributed by atoms with E-state index in [0.717, 1.165) is 25.1 Å². The Morgan fingerprint density at radius 1 is 1.47 bits per heavy atom. The molecule has 0 bridgehead atoms. The molecule has 104 valence electrons. The fourth-order valence-corrected chi connectivity index (χ4v) is 3.05. The molecule has 2 N–H and O–H groups in total. The second kappa shape index (κ2) is 6.82. The summed E-state index contributed by atoms with van der Waals surface area (Å²) in [7, 11) is -0.944. The second-order valence-corrected chi connectivity index (χ2v) is 6.38. The summed E-state index contributed by atoms with van der Waals surface area (Å²) in [6, 6.07) is 9.57. The lowest BCUT2D eigenvalue weighted by Gasteiger charge is -2.20. The predicted octanol–water partition coefficient (Wildman–Crippen LogP) is 0.832. The molecule has 1 aromatic rings. The van der Waals surface area contributed by atoms with Crippen LogP contribution in [-0.4, -0.2) is 35.2 Å². The van der Waals surface area contributed by atoms with E-state index in [1.165, 1.54) is 0 Å². The van der Waals surface area contributed by atoms with Gasteiger partial charge in [0.1, 0.15) is 0 Å². The van der Waals surface area contributed by atoms with Crippen molar-refractivity contribution in [2.24, 2.45) is 5.92 Å². The van der Waals surface area contributed by atoms with Crippen molar-refractivity contribution in [1.82, 2.24) is 10.6 Å². The normalized spacial score (nSPS) is 21.8. The Bertz CT molecular complexity index is 444. The van der Waals surface area contributed by atoms with Gasteiger partial charge in [0.05, 0.1) is 12.0 Å². The van der Waals surface area contributed by atoms with E-state index in [1.54, 1.807) is 6.26 Å². The van der Waals surface area contributed by atoms with Gasteiger partial charge in [-0.3, -0.25) is 9.00 Å². The highest BCUT2D eigenvalue weighted by atomic mass is 32.2. The summed E-state index contributed by atoms with van der Waals surface area (Å²) < 4.78 is 11.5. The van der Waals surface area contributed by atoms with Crippen LogP contribution in [0.2, 0.25) is 0 Å². The first-order valence-electron chi connectivity index (χ1n) is 6.53. The lowest BCUT2D eigenvalue weighted by atomic mass is 10.1. The van der Waals surface area contributed by atoms with Crippen molar-refractivity contribution in [3.05, 3.63) is 35.9 Å². The van der Waals surface area contributed by atoms with Crippen LogP contribution in [0.15, 0.2) is 30.3 Å². The molecule has 0 radical (unpaired) electrons. The van der Waals surface area contributed by atoms with Gasteiger partial charge in [0.2, 0.25) is 5.91 Å². The Kier molecular flexibility index (Phi) is 5.10. The van der Waals surface area contributed by atoms with Gasteiger partial charge in [-0.15, -0.1) is 0 Å². The van der Waals surface area contributed by atoms with Gasteiger partial charge in [0, 0.05) is 29.4 Å². The van der Waals surface area contributed by atoms with Crippen molar-refractivity contribution in [3.63, 3.8) is 0 Å². The topological polar surface area (TPSA) is 58.2 Å². The van der Waals surface area contributed by atoms with E-state index >= 15 is 0 Å². The molecule has 0 aliphatic carbocycles. The smallest absolute Gasteiger partial charge is 0.224 e. The molecule has 1 amide bonds. The summed E-state index contributed by atoms with van der Waals surface area (Å²) in [6.07, 6.45) is 2.54. The quantitative estimate of drug-likeness (QED) is 0.840. The first-order chi connectivity index (χ1) is 9.16. The number of hydrogen-bond acceptors (Lipinski definition) is 3. The average molecular weight is 280 g/mol. The Balaban J connectivity index is 2.05. The van der Waals surface area contributed by atoms with Gasteiger partial charge in [-0.1, -0.05) is 30.3 Å². The minimum atomic E-state index is -0.944. The zero-order valence-electron chi connectivity index (χ0n) is 11.1. The third-order valence-corrected chi connectivity index (χ3v) is 4.15. The fourth-order valence-electron chi connectivity index (χ4n) is 2.31. The van der Waals surface area contributed by atoms with Crippen molar-refractivity contribution < 1.29 is 9.00 Å². The fraction of sp³-hybridized carbons (Fsp3) is 0.500. The molecule has 1 aliphatic heterocycles. The van der Waals surface area contributed by atoms with Crippen LogP contribution in [0.3, 0.4) is 0 Å². The molecule has 19 heavy (non-hydrogen) atoms. The summed E-state index contributed by atoms with van der Waals surface area (Å²) in [5, 5.41) is 6.22. The van der Waals surface area contributed by atoms with Gasteiger partial charge in [0.15, 0.2) is 0 Å². The highest BCUT2D eigenvalue weighted by Gasteiger charge is 2.25. The first-order valence-corrected chi connectivity index (χ1v) is 8.25. The predicted molar refractivity (Wildman–Crippen MR) is 77.2 cm³/mol. The van der Waals surface area contributed by atoms with Crippen molar-refractivity contribution in [1.29, 1.82) is 0 Å². The zero-order chi connectivity index (χ0) is 13.7. The summed E-state index contributed by atoms with van der Waals surface area (Å²) in [6.45, 7) is 1.64. The third-order valence-electron chi connectivity index (χ3n) is 3.35. The van der Waals surface area contributed by atoms with Crippen LogP contribution in [0.5, 0.6) is 0 Å². The molecule has 3 unspecified atom stereocenters. The molecule has 2 rings (SSSR count). The van der Waals surface area contributed by atoms with Crippen molar-refractivity contribution in [2.75, 3.05) is 25.1 Å². The van der Waals surface area contributed by atoms with E-state index < -0.39 is 10.8 Å². The number of rotatable bonds is 5. The SMILES string of the molecule is CS(=O)CC(NC(=O)C1CCNC1)c1ccccc1. The molecule has 0 saturated carbocycles. The number of benzene rings is 1. The molecule has 0 spiro atoms. The van der Waals surface area contributed by atoms with Crippen LogP contribution in [0.4, 0.5) is 0 Å². The summed E-state index contributed by atoms with van der Waals surface area (Å²) in [4.78, 5) is 12.2. The average Bonchev–Trinajstić information content (AvgIpc) is 2.92. The highest BCUT2D eigenvalue weighted by Crippen LogP contribution is 2.16. The maximum Gasteiger partial charge on any atom is 0.224 e. The Morgan fingerprint density at radius 2 is 2.21 bits per heavy atom. The van der Waals surface area contributed by atoms with Crippen LogP contribution < -0.4 is 10.6 Å². The highest BCUT2D eigenvalue weighted by molar-refractivity contribution is 7.84. The Labute approximate surface area is 116 Å². The first kappa shape index (κ1) is 14.2. The van der Waals surface area contributed by atoms with E-state index in [0.29, 0.717) is 5.75 Å². The number of amides is 1. The molecule has 1 aliphatic rings. The third kappa shape index (κ3) is 4.14. The number of hydrogen-bond donors (Lipinski definition) is 2. The molecule has 1 heterocycles. The van der Waals surface area contributed by atoms with Gasteiger partial charge in [-0.25, -0.2) is 0 Å². The summed E-state index contributed by atoms with van der Waals surface area (Å²) in [5.74, 6) is 0.552. The van der Waals surface area contributed by atoms with Crippen molar-refractivity contribution >= 4 is 16.7 Å². The molecule has 1 saturated heterocycles. The van der Waals surface area contributed by atoms with E-state index in [2.05, 4.69) is 10.6 Å². The summed E-state index contributed by atoms with van der Waals surface area (Å²) >= 11 is 0. The standard InChI is InChI=1S/C14H20N2O2S/c1-19(18)10-13(11-5-3-2-4-6-11)16-14(17)12-7-8-15-9-12/h2-6,12-13,15H,7-10H2,1H3,(H,16,17). The lowest BCUT2D eigenvalue weighted by Crippen LogP contribution is -2.37. The van der Waals surface area contributed by atoms with Gasteiger partial charge in [0.25, 0.3) is 0 Å². The molecule has 0 aromatic heterocycles. The van der Waals surface area contributed by atoms with E-state index in [4.69, 9.17) is 0 Å². The van der Waals surface area contributed by atoms with Crippen LogP contribution in [0.25, 0.3) is 0 Å². The zero-order valence-corrected chi connectivity index (χ0v) is 11.9. The largest absolute Gasteiger partial charge is 0.348 e.